The molecule has 0 aliphatic carbocycles. The Bertz CT molecular complexity index is 169. The average molecular weight is 200 g/mol. The van der Waals surface area contributed by atoms with Crippen LogP contribution in [0.5, 0.6) is 0 Å². The van der Waals surface area contributed by atoms with Crippen LogP contribution >= 0.6 is 12.6 Å². The number of hydrogen-bond donors (Lipinski definition) is 1. The van der Waals surface area contributed by atoms with Crippen LogP contribution in [0.4, 0.5) is 4.79 Å². The molecule has 3 nitrogen and oxygen atoms in total. The van der Waals surface area contributed by atoms with Crippen LogP contribution in [0.1, 0.15) is 12.8 Å². The monoisotopic (exact) mass is 200 g/mol. The maximum absolute atomic E-state index is 10.9. The van der Waals surface area contributed by atoms with E-state index in [-0.39, 0.29) is 11.2 Å². The first kappa shape index (κ1) is 12.9. The van der Waals surface area contributed by atoms with E-state index in [1.54, 1.807) is 11.9 Å². The molecule has 74 valence electrons. The van der Waals surface area contributed by atoms with Gasteiger partial charge in [-0.25, -0.2) is 0 Å². The van der Waals surface area contributed by atoms with Gasteiger partial charge in [0.1, 0.15) is 7.85 Å². The van der Waals surface area contributed by atoms with Crippen molar-refractivity contribution in [2.75, 3.05) is 20.6 Å². The molecule has 0 fully saturated rings. The van der Waals surface area contributed by atoms with Gasteiger partial charge in [0, 0.05) is 13.0 Å². The summed E-state index contributed by atoms with van der Waals surface area (Å²) in [6, 6.07) is 0. The van der Waals surface area contributed by atoms with Crippen molar-refractivity contribution in [3.8, 4) is 0 Å². The van der Waals surface area contributed by atoms with E-state index in [1.165, 1.54) is 0 Å². The molecule has 0 aromatic carbocycles. The minimum absolute atomic E-state index is 0.155. The van der Waals surface area contributed by atoms with Crippen LogP contribution in [0.25, 0.3) is 0 Å². The largest absolute Gasteiger partial charge is 0.351 e. The summed E-state index contributed by atoms with van der Waals surface area (Å²) in [5.41, 5.74) is 0. The highest BCUT2D eigenvalue weighted by Gasteiger charge is 2.11. The molecule has 0 rings (SSSR count). The van der Waals surface area contributed by atoms with Gasteiger partial charge in [-0.3, -0.25) is 4.79 Å². The van der Waals surface area contributed by atoms with E-state index in [0.29, 0.717) is 0 Å². The topological polar surface area (TPSA) is 23.6 Å². The molecular weight excluding hydrogens is 182 g/mol. The van der Waals surface area contributed by atoms with Crippen molar-refractivity contribution < 1.29 is 4.79 Å². The molecule has 6 heteroatoms. The average Bonchev–Trinajstić information content (AvgIpc) is 2.02. The lowest BCUT2D eigenvalue weighted by Crippen LogP contribution is -2.34. The lowest BCUT2D eigenvalue weighted by molar-refractivity contribution is 0.227. The molecule has 0 radical (unpaired) electrons. The highest BCUT2D eigenvalue weighted by atomic mass is 32.1. The molecule has 1 atom stereocenters. The molecule has 0 saturated heterocycles. The van der Waals surface area contributed by atoms with Gasteiger partial charge in [-0.05, 0) is 26.4 Å². The third-order valence-electron chi connectivity index (χ3n) is 2.19. The van der Waals surface area contributed by atoms with Gasteiger partial charge in [-0.15, -0.1) is 0 Å². The van der Waals surface area contributed by atoms with Crippen molar-refractivity contribution in [3.05, 3.63) is 0 Å². The second-order valence-corrected chi connectivity index (χ2v) is 4.07. The number of carbonyl (C=O) groups is 1. The zero-order chi connectivity index (χ0) is 10.4. The normalized spacial score (nSPS) is 12.9. The Labute approximate surface area is 88.1 Å². The zero-order valence-corrected chi connectivity index (χ0v) is 9.84. The van der Waals surface area contributed by atoms with Crippen molar-refractivity contribution in [2.24, 2.45) is 0 Å². The zero-order valence-electron chi connectivity index (χ0n) is 8.95. The third-order valence-corrected chi connectivity index (χ3v) is 2.51. The van der Waals surface area contributed by atoms with Crippen LogP contribution in [0, 0.1) is 0 Å². The van der Waals surface area contributed by atoms with E-state index in [0.717, 1.165) is 19.4 Å². The van der Waals surface area contributed by atoms with E-state index >= 15 is 0 Å². The summed E-state index contributed by atoms with van der Waals surface area (Å²) in [5, 5.41) is -0.155. The third kappa shape index (κ3) is 6.05. The highest BCUT2D eigenvalue weighted by molar-refractivity contribution is 7.96. The van der Waals surface area contributed by atoms with E-state index in [1.807, 2.05) is 7.85 Å². The first-order valence-electron chi connectivity index (χ1n) is 4.55. The summed E-state index contributed by atoms with van der Waals surface area (Å²) >= 11 is 3.77. The van der Waals surface area contributed by atoms with Crippen LogP contribution in [-0.4, -0.2) is 57.4 Å². The predicted molar refractivity (Wildman–Crippen MR) is 64.9 cm³/mol. The molecule has 0 aliphatic rings. The van der Waals surface area contributed by atoms with Crippen LogP contribution in [0.2, 0.25) is 0 Å². The number of rotatable bonds is 5. The van der Waals surface area contributed by atoms with Crippen LogP contribution in [0.3, 0.4) is 0 Å². The molecule has 1 unspecified atom stereocenters. The predicted octanol–water partition coefficient (Wildman–Crippen LogP) is -0.813. The fourth-order valence-electron chi connectivity index (χ4n) is 1.09. The Morgan fingerprint density at radius 1 is 1.54 bits per heavy atom. The van der Waals surface area contributed by atoms with E-state index < -0.39 is 0 Å². The van der Waals surface area contributed by atoms with Gasteiger partial charge in [0.25, 0.3) is 5.24 Å². The molecule has 0 saturated carbocycles. The summed E-state index contributed by atoms with van der Waals surface area (Å²) < 4.78 is 0. The Hall–Kier alpha value is -0.0901. The molecule has 0 N–H and O–H groups in total. The van der Waals surface area contributed by atoms with E-state index in [2.05, 4.69) is 32.5 Å². The number of hydrogen-bond acceptors (Lipinski definition) is 2. The number of amides is 1. The quantitative estimate of drug-likeness (QED) is 0.463. The second kappa shape index (κ2) is 6.38. The molecule has 1 amide bonds. The molecular formula is C7H18B2N2OS. The highest BCUT2D eigenvalue weighted by Crippen LogP contribution is 2.04. The summed E-state index contributed by atoms with van der Waals surface area (Å²) in [7, 11) is 7.94. The molecule has 0 heterocycles. The van der Waals surface area contributed by atoms with Gasteiger partial charge in [0.15, 0.2) is 7.98 Å². The van der Waals surface area contributed by atoms with Crippen molar-refractivity contribution in [1.29, 1.82) is 0 Å². The molecule has 0 bridgehead atoms. The lowest BCUT2D eigenvalue weighted by Gasteiger charge is -2.23. The minimum Gasteiger partial charge on any atom is -0.351 e. The molecule has 0 spiro atoms. The lowest BCUT2D eigenvalue weighted by atomic mass is 9.90. The van der Waals surface area contributed by atoms with Gasteiger partial charge < -0.3 is 9.71 Å². The summed E-state index contributed by atoms with van der Waals surface area (Å²) in [4.78, 5) is 14.7. The van der Waals surface area contributed by atoms with E-state index in [4.69, 9.17) is 0 Å². The maximum Gasteiger partial charge on any atom is 0.277 e. The van der Waals surface area contributed by atoms with Gasteiger partial charge in [-0.1, -0.05) is 12.6 Å². The summed E-state index contributed by atoms with van der Waals surface area (Å²) in [6.07, 6.45) is 2.14. The van der Waals surface area contributed by atoms with Gasteiger partial charge in [0.05, 0.1) is 0 Å². The standard InChI is InChI=1S/C7H18B2N2OS/c1-10(9)5-3-4-6(8)11(2)7(12)13/h6H,3-5,8-9H2,1-2H3,(H,12,13). The fraction of sp³-hybridized carbons (Fsp3) is 0.857. The van der Waals surface area contributed by atoms with E-state index in [9.17, 15) is 4.79 Å². The maximum atomic E-state index is 10.9. The molecule has 13 heavy (non-hydrogen) atoms. The SMILES string of the molecule is BC(CCCN(B)C)N(C)C(=O)S. The van der Waals surface area contributed by atoms with Crippen LogP contribution in [-0.2, 0) is 0 Å². The molecule has 0 aromatic rings. The van der Waals surface area contributed by atoms with Crippen molar-refractivity contribution in [1.82, 2.24) is 9.71 Å². The van der Waals surface area contributed by atoms with Crippen molar-refractivity contribution >= 4 is 33.7 Å². The summed E-state index contributed by atoms with van der Waals surface area (Å²) in [6.45, 7) is 1.07. The van der Waals surface area contributed by atoms with Crippen molar-refractivity contribution in [3.63, 3.8) is 0 Å². The Morgan fingerprint density at radius 2 is 2.08 bits per heavy atom. The fourth-order valence-corrected chi connectivity index (χ4v) is 1.28. The Morgan fingerprint density at radius 3 is 2.46 bits per heavy atom. The number of thiol groups is 1. The first-order valence-corrected chi connectivity index (χ1v) is 5.00. The molecule has 0 aromatic heterocycles. The Balaban J connectivity index is 3.61. The second-order valence-electron chi connectivity index (χ2n) is 3.69. The molecule has 0 aliphatic heterocycles. The first-order chi connectivity index (χ1) is 5.95. The smallest absolute Gasteiger partial charge is 0.277 e. The Kier molecular flexibility index (Phi) is 6.33. The van der Waals surface area contributed by atoms with Crippen LogP contribution < -0.4 is 0 Å². The number of carbonyl (C=O) groups excluding carboxylic acids is 1. The minimum atomic E-state index is -0.155. The van der Waals surface area contributed by atoms with Crippen molar-refractivity contribution in [2.45, 2.75) is 18.8 Å². The van der Waals surface area contributed by atoms with Gasteiger partial charge in [0.2, 0.25) is 0 Å². The van der Waals surface area contributed by atoms with Crippen LogP contribution in [0.15, 0.2) is 0 Å². The number of nitrogens with zero attached hydrogens (tertiary/aromatic N) is 2. The van der Waals surface area contributed by atoms with Gasteiger partial charge in [-0.2, -0.15) is 0 Å². The summed E-state index contributed by atoms with van der Waals surface area (Å²) in [5.74, 6) is 0.282. The van der Waals surface area contributed by atoms with Gasteiger partial charge >= 0.3 is 0 Å².